The Bertz CT molecular complexity index is 769. The molecule has 5 nitrogen and oxygen atoms in total. The summed E-state index contributed by atoms with van der Waals surface area (Å²) in [4.78, 5) is 26.0. The molecule has 0 unspecified atom stereocenters. The quantitative estimate of drug-likeness (QED) is 0.910. The second-order valence-electron chi connectivity index (χ2n) is 6.25. The highest BCUT2D eigenvalue weighted by molar-refractivity contribution is 6.06. The van der Waals surface area contributed by atoms with E-state index in [2.05, 4.69) is 5.32 Å². The lowest BCUT2D eigenvalue weighted by Gasteiger charge is -2.34. The highest BCUT2D eigenvalue weighted by atomic mass is 19.1. The van der Waals surface area contributed by atoms with Crippen molar-refractivity contribution in [2.45, 2.75) is 25.8 Å². The summed E-state index contributed by atoms with van der Waals surface area (Å²) in [6, 6.07) is 12.7. The second kappa shape index (κ2) is 8.10. The first-order valence-electron chi connectivity index (χ1n) is 8.59. The zero-order valence-electron chi connectivity index (χ0n) is 14.6. The monoisotopic (exact) mass is 356 g/mol. The van der Waals surface area contributed by atoms with E-state index in [4.69, 9.17) is 4.74 Å². The molecular formula is C20H21FN2O3. The number of nitrogens with zero attached hydrogens (tertiary/aromatic N) is 1. The van der Waals surface area contributed by atoms with Gasteiger partial charge in [-0.3, -0.25) is 9.59 Å². The van der Waals surface area contributed by atoms with Crippen LogP contribution in [0, 0.1) is 5.82 Å². The van der Waals surface area contributed by atoms with Crippen LogP contribution in [0.2, 0.25) is 0 Å². The van der Waals surface area contributed by atoms with Crippen LogP contribution in [0.3, 0.4) is 0 Å². The van der Waals surface area contributed by atoms with Crippen molar-refractivity contribution in [1.29, 1.82) is 0 Å². The molecule has 1 fully saturated rings. The SMILES string of the molecule is CC(=O)Nc1ccc(N(C(=O)c2ccc(F)cc2)C2CCOCC2)cc1. The summed E-state index contributed by atoms with van der Waals surface area (Å²) < 4.78 is 18.6. The summed E-state index contributed by atoms with van der Waals surface area (Å²) in [6.45, 7) is 2.64. The van der Waals surface area contributed by atoms with Crippen LogP contribution < -0.4 is 10.2 Å². The van der Waals surface area contributed by atoms with Crippen molar-refractivity contribution in [2.75, 3.05) is 23.4 Å². The fraction of sp³-hybridized carbons (Fsp3) is 0.300. The molecule has 1 N–H and O–H groups in total. The van der Waals surface area contributed by atoms with E-state index in [0.29, 0.717) is 24.5 Å². The van der Waals surface area contributed by atoms with Crippen molar-refractivity contribution < 1.29 is 18.7 Å². The third-order valence-electron chi connectivity index (χ3n) is 4.33. The van der Waals surface area contributed by atoms with Gasteiger partial charge >= 0.3 is 0 Å². The van der Waals surface area contributed by atoms with Gasteiger partial charge in [0, 0.05) is 43.1 Å². The van der Waals surface area contributed by atoms with Gasteiger partial charge in [0.05, 0.1) is 0 Å². The van der Waals surface area contributed by atoms with Crippen LogP contribution in [0.1, 0.15) is 30.1 Å². The zero-order valence-corrected chi connectivity index (χ0v) is 14.6. The molecule has 0 bridgehead atoms. The van der Waals surface area contributed by atoms with E-state index in [-0.39, 0.29) is 23.7 Å². The molecule has 136 valence electrons. The Morgan fingerprint density at radius 2 is 1.65 bits per heavy atom. The average molecular weight is 356 g/mol. The first kappa shape index (κ1) is 18.1. The first-order valence-corrected chi connectivity index (χ1v) is 8.59. The Morgan fingerprint density at radius 3 is 2.23 bits per heavy atom. The summed E-state index contributed by atoms with van der Waals surface area (Å²) >= 11 is 0. The van der Waals surface area contributed by atoms with Crippen LogP contribution in [0.15, 0.2) is 48.5 Å². The Kier molecular flexibility index (Phi) is 5.63. The Balaban J connectivity index is 1.91. The molecule has 0 aromatic heterocycles. The number of carbonyl (C=O) groups excluding carboxylic acids is 2. The molecule has 3 rings (SSSR count). The van der Waals surface area contributed by atoms with Crippen LogP contribution in [0.5, 0.6) is 0 Å². The summed E-state index contributed by atoms with van der Waals surface area (Å²) in [7, 11) is 0. The second-order valence-corrected chi connectivity index (χ2v) is 6.25. The molecule has 0 radical (unpaired) electrons. The fourth-order valence-corrected chi connectivity index (χ4v) is 3.08. The maximum atomic E-state index is 13.2. The number of halogens is 1. The van der Waals surface area contributed by atoms with E-state index >= 15 is 0 Å². The van der Waals surface area contributed by atoms with E-state index in [1.165, 1.54) is 31.2 Å². The first-order chi connectivity index (χ1) is 12.5. The zero-order chi connectivity index (χ0) is 18.5. The number of ether oxygens (including phenoxy) is 1. The number of amides is 2. The Morgan fingerprint density at radius 1 is 1.04 bits per heavy atom. The van der Waals surface area contributed by atoms with Gasteiger partial charge < -0.3 is 15.0 Å². The number of nitrogens with one attached hydrogen (secondary N) is 1. The molecule has 6 heteroatoms. The van der Waals surface area contributed by atoms with E-state index in [9.17, 15) is 14.0 Å². The molecule has 0 aliphatic carbocycles. The maximum Gasteiger partial charge on any atom is 0.258 e. The van der Waals surface area contributed by atoms with Crippen molar-refractivity contribution in [3.8, 4) is 0 Å². The molecular weight excluding hydrogens is 335 g/mol. The van der Waals surface area contributed by atoms with Crippen molar-refractivity contribution >= 4 is 23.2 Å². The highest BCUT2D eigenvalue weighted by Gasteiger charge is 2.28. The number of anilines is 2. The maximum absolute atomic E-state index is 13.2. The van der Waals surface area contributed by atoms with Gasteiger partial charge in [-0.2, -0.15) is 0 Å². The van der Waals surface area contributed by atoms with Gasteiger partial charge in [0.2, 0.25) is 5.91 Å². The van der Waals surface area contributed by atoms with Gasteiger partial charge in [-0.05, 0) is 61.4 Å². The number of rotatable bonds is 4. The lowest BCUT2D eigenvalue weighted by atomic mass is 10.0. The van der Waals surface area contributed by atoms with Gasteiger partial charge in [-0.1, -0.05) is 0 Å². The molecule has 1 aliphatic heterocycles. The van der Waals surface area contributed by atoms with Crippen molar-refractivity contribution in [1.82, 2.24) is 0 Å². The Labute approximate surface area is 151 Å². The van der Waals surface area contributed by atoms with Crippen molar-refractivity contribution in [2.24, 2.45) is 0 Å². The average Bonchev–Trinajstić information content (AvgIpc) is 2.64. The van der Waals surface area contributed by atoms with Crippen LogP contribution in [-0.4, -0.2) is 31.1 Å². The summed E-state index contributed by atoms with van der Waals surface area (Å²) in [6.07, 6.45) is 1.47. The normalized spacial score (nSPS) is 14.7. The third kappa shape index (κ3) is 4.26. The molecule has 1 heterocycles. The highest BCUT2D eigenvalue weighted by Crippen LogP contribution is 2.26. The van der Waals surface area contributed by atoms with Crippen molar-refractivity contribution in [3.05, 3.63) is 59.9 Å². The van der Waals surface area contributed by atoms with E-state index < -0.39 is 0 Å². The largest absolute Gasteiger partial charge is 0.381 e. The molecule has 1 aliphatic rings. The molecule has 2 aromatic carbocycles. The molecule has 1 saturated heterocycles. The van der Waals surface area contributed by atoms with Crippen LogP contribution in [0.25, 0.3) is 0 Å². The summed E-state index contributed by atoms with van der Waals surface area (Å²) in [5.74, 6) is -0.704. The fourth-order valence-electron chi connectivity index (χ4n) is 3.08. The van der Waals surface area contributed by atoms with Gasteiger partial charge in [-0.25, -0.2) is 4.39 Å². The molecule has 2 aromatic rings. The molecule has 0 atom stereocenters. The minimum absolute atomic E-state index is 0.00733. The number of carbonyl (C=O) groups is 2. The number of hydrogen-bond acceptors (Lipinski definition) is 3. The van der Waals surface area contributed by atoms with Gasteiger partial charge in [0.15, 0.2) is 0 Å². The van der Waals surface area contributed by atoms with Crippen LogP contribution in [-0.2, 0) is 9.53 Å². The lowest BCUT2D eigenvalue weighted by molar-refractivity contribution is -0.114. The lowest BCUT2D eigenvalue weighted by Crippen LogP contribution is -2.43. The minimum atomic E-state index is -0.376. The van der Waals surface area contributed by atoms with Crippen LogP contribution in [0.4, 0.5) is 15.8 Å². The molecule has 0 saturated carbocycles. The van der Waals surface area contributed by atoms with Gasteiger partial charge in [-0.15, -0.1) is 0 Å². The Hall–Kier alpha value is -2.73. The predicted molar refractivity (Wildman–Crippen MR) is 97.8 cm³/mol. The van der Waals surface area contributed by atoms with E-state index in [0.717, 1.165) is 18.5 Å². The standard InChI is InChI=1S/C20H21FN2O3/c1-14(24)22-17-6-8-18(9-7-17)23(19-10-12-26-13-11-19)20(25)15-2-4-16(21)5-3-15/h2-9,19H,10-13H2,1H3,(H,22,24). The summed E-state index contributed by atoms with van der Waals surface area (Å²) in [5.41, 5.74) is 1.84. The van der Waals surface area contributed by atoms with E-state index in [1.807, 2.05) is 12.1 Å². The molecule has 2 amide bonds. The van der Waals surface area contributed by atoms with Crippen molar-refractivity contribution in [3.63, 3.8) is 0 Å². The topological polar surface area (TPSA) is 58.6 Å². The molecule has 0 spiro atoms. The predicted octanol–water partition coefficient (Wildman–Crippen LogP) is 3.61. The van der Waals surface area contributed by atoms with E-state index in [1.54, 1.807) is 17.0 Å². The molecule has 26 heavy (non-hydrogen) atoms. The number of hydrogen-bond donors (Lipinski definition) is 1. The summed E-state index contributed by atoms with van der Waals surface area (Å²) in [5, 5.41) is 2.71. The minimum Gasteiger partial charge on any atom is -0.381 e. The smallest absolute Gasteiger partial charge is 0.258 e. The third-order valence-corrected chi connectivity index (χ3v) is 4.33. The van der Waals surface area contributed by atoms with Gasteiger partial charge in [0.25, 0.3) is 5.91 Å². The van der Waals surface area contributed by atoms with Crippen LogP contribution >= 0.6 is 0 Å². The number of benzene rings is 2. The van der Waals surface area contributed by atoms with Gasteiger partial charge in [0.1, 0.15) is 5.82 Å².